The van der Waals surface area contributed by atoms with Crippen molar-refractivity contribution in [3.63, 3.8) is 0 Å². The Kier molecular flexibility index (Phi) is 7.06. The van der Waals surface area contributed by atoms with Crippen LogP contribution in [0.3, 0.4) is 0 Å². The summed E-state index contributed by atoms with van der Waals surface area (Å²) in [6.45, 7) is 18.2. The van der Waals surface area contributed by atoms with Crippen molar-refractivity contribution in [2.75, 3.05) is 0 Å². The molecule has 2 nitrogen and oxygen atoms in total. The quantitative estimate of drug-likeness (QED) is 0.309. The van der Waals surface area contributed by atoms with Gasteiger partial charge in [-0.05, 0) is 0 Å². The molecule has 0 unspecified atom stereocenters. The number of nitrogens with zero attached hydrogens (tertiary/aromatic N) is 2. The Labute approximate surface area is 192 Å². The van der Waals surface area contributed by atoms with Crippen molar-refractivity contribution >= 4 is 0 Å². The molecule has 0 bridgehead atoms. The van der Waals surface area contributed by atoms with Gasteiger partial charge < -0.3 is 0 Å². The van der Waals surface area contributed by atoms with Crippen LogP contribution >= 0.6 is 0 Å². The molecule has 0 saturated carbocycles. The second-order valence-electron chi connectivity index (χ2n) is 9.47. The third-order valence-corrected chi connectivity index (χ3v) is 6.65. The van der Waals surface area contributed by atoms with E-state index in [0.717, 1.165) is 3.89 Å². The number of rotatable bonds is 6. The molecule has 0 N–H and O–H groups in total. The summed E-state index contributed by atoms with van der Waals surface area (Å²) in [4.78, 5) is 0. The van der Waals surface area contributed by atoms with Crippen molar-refractivity contribution in [1.29, 1.82) is 0 Å². The van der Waals surface area contributed by atoms with E-state index in [1.807, 2.05) is 0 Å². The van der Waals surface area contributed by atoms with Crippen LogP contribution in [-0.4, -0.2) is 9.13 Å². The van der Waals surface area contributed by atoms with Crippen LogP contribution in [0.1, 0.15) is 101 Å². The van der Waals surface area contributed by atoms with E-state index in [1.165, 1.54) is 33.6 Å². The zero-order chi connectivity index (χ0) is 22.2. The molecule has 0 saturated heterocycles. The second-order valence-corrected chi connectivity index (χ2v) is 10.2. The Bertz CT molecular complexity index is 944. The second kappa shape index (κ2) is 9.21. The summed E-state index contributed by atoms with van der Waals surface area (Å²) in [6.07, 6.45) is 4.43. The fourth-order valence-electron chi connectivity index (χ4n) is 4.26. The molecule has 0 aliphatic carbocycles. The molecule has 0 aliphatic rings. The fourth-order valence-corrected chi connectivity index (χ4v) is 4.84. The third kappa shape index (κ3) is 4.21. The van der Waals surface area contributed by atoms with Crippen molar-refractivity contribution < 1.29 is 18.7 Å². The summed E-state index contributed by atoms with van der Waals surface area (Å²) in [7, 11) is 0. The average molecular weight is 495 g/mol. The zero-order valence-electron chi connectivity index (χ0n) is 19.6. The van der Waals surface area contributed by atoms with E-state index in [2.05, 4.69) is 132 Å². The fraction of sp³-hybridized carbons (Fsp3) is 0.444. The first-order chi connectivity index (χ1) is 14.1. The molecule has 166 valence electrons. The summed E-state index contributed by atoms with van der Waals surface area (Å²) in [5, 5.41) is 0. The minimum atomic E-state index is 0.458. The number of para-hydroxylation sites is 2. The average Bonchev–Trinajstić information content (AvgIpc) is 3.07. The van der Waals surface area contributed by atoms with E-state index in [0.29, 0.717) is 23.7 Å². The van der Waals surface area contributed by atoms with Crippen molar-refractivity contribution in [2.24, 2.45) is 0 Å². The Morgan fingerprint density at radius 3 is 1.03 bits per heavy atom. The molecule has 0 amide bonds. The Morgan fingerprint density at radius 2 is 0.800 bits per heavy atom. The van der Waals surface area contributed by atoms with E-state index in [9.17, 15) is 0 Å². The third-order valence-electron chi connectivity index (χ3n) is 5.90. The Morgan fingerprint density at radius 1 is 0.533 bits per heavy atom. The maximum absolute atomic E-state index is 3.64. The van der Waals surface area contributed by atoms with Crippen molar-refractivity contribution in [2.45, 2.75) is 79.1 Å². The molecule has 30 heavy (non-hydrogen) atoms. The summed E-state index contributed by atoms with van der Waals surface area (Å²) in [5.41, 5.74) is 8.18. The van der Waals surface area contributed by atoms with Gasteiger partial charge >= 0.3 is 193 Å². The van der Waals surface area contributed by atoms with Crippen LogP contribution in [0.5, 0.6) is 0 Å². The van der Waals surface area contributed by atoms with Crippen LogP contribution in [0.15, 0.2) is 48.8 Å². The van der Waals surface area contributed by atoms with Crippen molar-refractivity contribution in [1.82, 2.24) is 9.13 Å². The van der Waals surface area contributed by atoms with E-state index in [-0.39, 0.29) is 0 Å². The van der Waals surface area contributed by atoms with Gasteiger partial charge in [-0.3, -0.25) is 0 Å². The number of hydrogen-bond donors (Lipinski definition) is 0. The Balaban J connectivity index is 2.33. The number of benzene rings is 2. The normalized spacial score (nSPS) is 12.1. The predicted molar refractivity (Wildman–Crippen MR) is 125 cm³/mol. The van der Waals surface area contributed by atoms with Gasteiger partial charge in [0.1, 0.15) is 0 Å². The molecule has 1 heterocycles. The van der Waals surface area contributed by atoms with Crippen molar-refractivity contribution in [3.8, 4) is 11.4 Å². The van der Waals surface area contributed by atoms with Crippen LogP contribution in [0.4, 0.5) is 0 Å². The topological polar surface area (TPSA) is 9.86 Å². The van der Waals surface area contributed by atoms with Crippen LogP contribution in [0.2, 0.25) is 0 Å². The van der Waals surface area contributed by atoms with Crippen LogP contribution in [0.25, 0.3) is 11.4 Å². The first-order valence-corrected chi connectivity index (χ1v) is 11.9. The number of hydrogen-bond acceptors (Lipinski definition) is 0. The molecular weight excluding hydrogens is 459 g/mol. The summed E-state index contributed by atoms with van der Waals surface area (Å²) in [5.74, 6) is 1.83. The van der Waals surface area contributed by atoms with Gasteiger partial charge in [0.2, 0.25) is 0 Å². The van der Waals surface area contributed by atoms with Gasteiger partial charge in [0.15, 0.2) is 0 Å². The van der Waals surface area contributed by atoms with Gasteiger partial charge in [-0.15, -0.1) is 0 Å². The van der Waals surface area contributed by atoms with Gasteiger partial charge in [0.05, 0.1) is 0 Å². The molecule has 2 aromatic carbocycles. The number of imidazole rings is 1. The minimum absolute atomic E-state index is 0.458. The molecule has 3 aromatic rings. The van der Waals surface area contributed by atoms with Gasteiger partial charge in [0.25, 0.3) is 0 Å². The van der Waals surface area contributed by atoms with E-state index in [4.69, 9.17) is 0 Å². The van der Waals surface area contributed by atoms with E-state index >= 15 is 0 Å². The standard InChI is InChI=1S/C27H36N2.Pd/c1-18(2)22-11-9-12-23(19(3)4)26(22)28-15-16-29(17-28)27-24(20(5)6)13-10-14-25(27)21(7)8;/h9-16,18-21H,1-8H3;/q;-2. The van der Waals surface area contributed by atoms with Gasteiger partial charge in [-0.2, -0.15) is 0 Å². The Hall–Kier alpha value is -1.69. The first kappa shape index (κ1) is 23.0. The van der Waals surface area contributed by atoms with Gasteiger partial charge in [-0.1, -0.05) is 0 Å². The van der Waals surface area contributed by atoms with Crippen LogP contribution < -0.4 is 0 Å². The maximum atomic E-state index is 3.64. The predicted octanol–water partition coefficient (Wildman–Crippen LogP) is 7.84. The molecule has 0 atom stereocenters. The molecular formula is C27H36N2Pd-2. The zero-order valence-corrected chi connectivity index (χ0v) is 21.2. The first-order valence-electron chi connectivity index (χ1n) is 11.2. The number of aromatic nitrogens is 2. The summed E-state index contributed by atoms with van der Waals surface area (Å²) < 4.78 is 5.78. The SMILES string of the molecule is CC(C)c1cccc(C(C)C)c1-n1ccn(-c2c(C(C)C)cccc2C(C)C)[c]1=[Pd-2]. The van der Waals surface area contributed by atoms with Crippen LogP contribution in [-0.2, 0) is 18.7 Å². The molecule has 3 heteroatoms. The van der Waals surface area contributed by atoms with Crippen molar-refractivity contribution in [3.05, 3.63) is 74.9 Å². The molecule has 0 radical (unpaired) electrons. The van der Waals surface area contributed by atoms with Gasteiger partial charge in [-0.25, -0.2) is 0 Å². The molecule has 0 spiro atoms. The summed E-state index contributed by atoms with van der Waals surface area (Å²) >= 11 is 3.64. The van der Waals surface area contributed by atoms with E-state index in [1.54, 1.807) is 0 Å². The monoisotopic (exact) mass is 494 g/mol. The van der Waals surface area contributed by atoms with E-state index < -0.39 is 0 Å². The molecule has 1 aromatic heterocycles. The van der Waals surface area contributed by atoms with Crippen LogP contribution in [0, 0.1) is 3.89 Å². The molecule has 0 aliphatic heterocycles. The van der Waals surface area contributed by atoms with Gasteiger partial charge in [0, 0.05) is 0 Å². The molecule has 3 rings (SSSR count). The molecule has 0 fully saturated rings. The summed E-state index contributed by atoms with van der Waals surface area (Å²) in [6, 6.07) is 13.5.